The van der Waals surface area contributed by atoms with Crippen molar-refractivity contribution < 1.29 is 24.2 Å². The van der Waals surface area contributed by atoms with Crippen molar-refractivity contribution in [3.63, 3.8) is 0 Å². The Bertz CT molecular complexity index is 1000. The van der Waals surface area contributed by atoms with Gasteiger partial charge in [-0.25, -0.2) is 0 Å². The number of aromatic nitrogens is 1. The standard InChI is InChI=1S/C25H30N2O5/c1-5-32-20-10-9-17(14-19(20)16(2)3)23(28)21-22(18-8-6-11-26-15-18)27(12-7-13-31-4)25(30)24(21)29/h6,8-11,14-16,22,28H,5,7,12-13H2,1-4H3/b23-21-. The van der Waals surface area contributed by atoms with E-state index in [1.807, 2.05) is 26.8 Å². The SMILES string of the molecule is CCOc1ccc(/C(O)=C2/C(=O)C(=O)N(CCCOC)C2c2cccnc2)cc1C(C)C. The number of methoxy groups -OCH3 is 1. The lowest BCUT2D eigenvalue weighted by atomic mass is 9.93. The van der Waals surface area contributed by atoms with Crippen LogP contribution in [0.5, 0.6) is 5.75 Å². The Morgan fingerprint density at radius 3 is 2.66 bits per heavy atom. The van der Waals surface area contributed by atoms with E-state index >= 15 is 0 Å². The number of amides is 1. The minimum Gasteiger partial charge on any atom is -0.507 e. The number of hydrogen-bond acceptors (Lipinski definition) is 6. The summed E-state index contributed by atoms with van der Waals surface area (Å²) in [4.78, 5) is 31.6. The molecule has 1 saturated heterocycles. The molecule has 3 rings (SSSR count). The lowest BCUT2D eigenvalue weighted by molar-refractivity contribution is -0.140. The summed E-state index contributed by atoms with van der Waals surface area (Å²) in [7, 11) is 1.59. The van der Waals surface area contributed by atoms with E-state index in [0.717, 1.165) is 11.3 Å². The number of rotatable bonds is 9. The third-order valence-corrected chi connectivity index (χ3v) is 5.49. The van der Waals surface area contributed by atoms with Crippen molar-refractivity contribution in [3.05, 3.63) is 65.0 Å². The van der Waals surface area contributed by atoms with Gasteiger partial charge in [-0.1, -0.05) is 19.9 Å². The van der Waals surface area contributed by atoms with E-state index in [-0.39, 0.29) is 17.3 Å². The predicted molar refractivity (Wildman–Crippen MR) is 121 cm³/mol. The highest BCUT2D eigenvalue weighted by molar-refractivity contribution is 6.46. The van der Waals surface area contributed by atoms with Crippen LogP contribution in [0.15, 0.2) is 48.3 Å². The average Bonchev–Trinajstić information content (AvgIpc) is 3.04. The number of ether oxygens (including phenoxy) is 2. The summed E-state index contributed by atoms with van der Waals surface area (Å²) in [6.07, 6.45) is 3.81. The number of likely N-dealkylation sites (tertiary alicyclic amines) is 1. The molecule has 1 aromatic carbocycles. The average molecular weight is 439 g/mol. The number of carbonyl (C=O) groups excluding carboxylic acids is 2. The van der Waals surface area contributed by atoms with Crippen LogP contribution in [0.4, 0.5) is 0 Å². The molecule has 1 aliphatic heterocycles. The Balaban J connectivity index is 2.12. The Kier molecular flexibility index (Phi) is 7.64. The lowest BCUT2D eigenvalue weighted by Crippen LogP contribution is -2.31. The quantitative estimate of drug-likeness (QED) is 0.275. The van der Waals surface area contributed by atoms with Crippen molar-refractivity contribution in [2.24, 2.45) is 0 Å². The topological polar surface area (TPSA) is 89.0 Å². The molecule has 0 radical (unpaired) electrons. The van der Waals surface area contributed by atoms with Gasteiger partial charge in [0.1, 0.15) is 11.5 Å². The highest BCUT2D eigenvalue weighted by atomic mass is 16.5. The second-order valence-electron chi connectivity index (χ2n) is 7.97. The Hall–Kier alpha value is -3.19. The largest absolute Gasteiger partial charge is 0.507 e. The van der Waals surface area contributed by atoms with Crippen molar-refractivity contribution in [1.29, 1.82) is 0 Å². The molecule has 1 aromatic heterocycles. The number of pyridine rings is 1. The molecule has 0 spiro atoms. The molecular weight excluding hydrogens is 408 g/mol. The van der Waals surface area contributed by atoms with Crippen molar-refractivity contribution in [3.8, 4) is 5.75 Å². The molecule has 7 nitrogen and oxygen atoms in total. The lowest BCUT2D eigenvalue weighted by Gasteiger charge is -2.25. The smallest absolute Gasteiger partial charge is 0.295 e. The van der Waals surface area contributed by atoms with Gasteiger partial charge in [0.05, 0.1) is 18.2 Å². The number of ketones is 1. The molecular formula is C25H30N2O5. The molecule has 0 saturated carbocycles. The highest BCUT2D eigenvalue weighted by Gasteiger charge is 2.45. The summed E-state index contributed by atoms with van der Waals surface area (Å²) in [5.74, 6) is -0.644. The van der Waals surface area contributed by atoms with Crippen molar-refractivity contribution in [2.75, 3.05) is 26.9 Å². The van der Waals surface area contributed by atoms with Gasteiger partial charge in [-0.3, -0.25) is 14.6 Å². The molecule has 1 fully saturated rings. The van der Waals surface area contributed by atoms with Crippen LogP contribution in [0.3, 0.4) is 0 Å². The predicted octanol–water partition coefficient (Wildman–Crippen LogP) is 4.06. The van der Waals surface area contributed by atoms with E-state index in [2.05, 4.69) is 4.98 Å². The number of carbonyl (C=O) groups is 2. The van der Waals surface area contributed by atoms with E-state index in [0.29, 0.717) is 37.3 Å². The number of aliphatic hydroxyl groups is 1. The summed E-state index contributed by atoms with van der Waals surface area (Å²) in [6, 6.07) is 8.17. The molecule has 0 bridgehead atoms. The summed E-state index contributed by atoms with van der Waals surface area (Å²) < 4.78 is 10.8. The van der Waals surface area contributed by atoms with Gasteiger partial charge in [-0.2, -0.15) is 0 Å². The zero-order chi connectivity index (χ0) is 23.3. The van der Waals surface area contributed by atoms with Crippen molar-refractivity contribution >= 4 is 17.4 Å². The van der Waals surface area contributed by atoms with Crippen LogP contribution in [0.25, 0.3) is 5.76 Å². The fraction of sp³-hybridized carbons (Fsp3) is 0.400. The maximum atomic E-state index is 13.0. The summed E-state index contributed by atoms with van der Waals surface area (Å²) in [5, 5.41) is 11.3. The Labute approximate surface area is 188 Å². The zero-order valence-corrected chi connectivity index (χ0v) is 19.0. The summed E-state index contributed by atoms with van der Waals surface area (Å²) in [6.45, 7) is 7.29. The monoisotopic (exact) mass is 438 g/mol. The van der Waals surface area contributed by atoms with E-state index in [1.54, 1.807) is 43.8 Å². The van der Waals surface area contributed by atoms with Gasteiger partial charge in [0, 0.05) is 38.2 Å². The molecule has 1 N–H and O–H groups in total. The second-order valence-corrected chi connectivity index (χ2v) is 7.97. The first-order valence-electron chi connectivity index (χ1n) is 10.8. The minimum absolute atomic E-state index is 0.0688. The van der Waals surface area contributed by atoms with Crippen molar-refractivity contribution in [1.82, 2.24) is 9.88 Å². The van der Waals surface area contributed by atoms with Crippen LogP contribution >= 0.6 is 0 Å². The number of Topliss-reactive ketones (excluding diaryl/α,β-unsaturated/α-hetero) is 1. The zero-order valence-electron chi connectivity index (χ0n) is 19.0. The van der Waals surface area contributed by atoms with Crippen LogP contribution in [-0.2, 0) is 14.3 Å². The van der Waals surface area contributed by atoms with Gasteiger partial charge in [0.2, 0.25) is 0 Å². The highest BCUT2D eigenvalue weighted by Crippen LogP contribution is 2.40. The van der Waals surface area contributed by atoms with Crippen LogP contribution in [0.1, 0.15) is 55.8 Å². The molecule has 1 aliphatic rings. The fourth-order valence-corrected chi connectivity index (χ4v) is 3.96. The third-order valence-electron chi connectivity index (χ3n) is 5.49. The van der Waals surface area contributed by atoms with Gasteiger partial charge in [0.25, 0.3) is 11.7 Å². The van der Waals surface area contributed by atoms with E-state index < -0.39 is 17.7 Å². The van der Waals surface area contributed by atoms with Crippen LogP contribution in [0, 0.1) is 0 Å². The fourth-order valence-electron chi connectivity index (χ4n) is 3.96. The van der Waals surface area contributed by atoms with Gasteiger partial charge in [-0.05, 0) is 54.7 Å². The summed E-state index contributed by atoms with van der Waals surface area (Å²) >= 11 is 0. The summed E-state index contributed by atoms with van der Waals surface area (Å²) in [5.41, 5.74) is 2.13. The molecule has 1 amide bonds. The van der Waals surface area contributed by atoms with Gasteiger partial charge < -0.3 is 19.5 Å². The number of hydrogen-bond donors (Lipinski definition) is 1. The Morgan fingerprint density at radius 1 is 1.25 bits per heavy atom. The molecule has 1 atom stereocenters. The van der Waals surface area contributed by atoms with Gasteiger partial charge in [-0.15, -0.1) is 0 Å². The first kappa shape index (κ1) is 23.5. The van der Waals surface area contributed by atoms with E-state index in [9.17, 15) is 14.7 Å². The first-order chi connectivity index (χ1) is 15.4. The number of nitrogens with zero attached hydrogens (tertiary/aromatic N) is 2. The minimum atomic E-state index is -0.713. The maximum absolute atomic E-state index is 13.0. The van der Waals surface area contributed by atoms with Gasteiger partial charge >= 0.3 is 0 Å². The molecule has 2 aromatic rings. The molecule has 170 valence electrons. The molecule has 32 heavy (non-hydrogen) atoms. The van der Waals surface area contributed by atoms with Crippen LogP contribution in [-0.4, -0.2) is 53.5 Å². The molecule has 0 aliphatic carbocycles. The second kappa shape index (κ2) is 10.4. The van der Waals surface area contributed by atoms with Gasteiger partial charge in [0.15, 0.2) is 0 Å². The molecule has 1 unspecified atom stereocenters. The van der Waals surface area contributed by atoms with E-state index in [4.69, 9.17) is 9.47 Å². The van der Waals surface area contributed by atoms with Crippen molar-refractivity contribution in [2.45, 2.75) is 39.2 Å². The third kappa shape index (κ3) is 4.67. The normalized spacial score (nSPS) is 17.9. The number of aliphatic hydroxyl groups excluding tert-OH is 1. The maximum Gasteiger partial charge on any atom is 0.295 e. The molecule has 7 heteroatoms. The van der Waals surface area contributed by atoms with Crippen LogP contribution in [0.2, 0.25) is 0 Å². The number of benzene rings is 1. The van der Waals surface area contributed by atoms with E-state index in [1.165, 1.54) is 4.90 Å². The molecule has 2 heterocycles. The van der Waals surface area contributed by atoms with Crippen LogP contribution < -0.4 is 4.74 Å². The first-order valence-corrected chi connectivity index (χ1v) is 10.8. The Morgan fingerprint density at radius 2 is 2.03 bits per heavy atom.